The van der Waals surface area contributed by atoms with E-state index in [2.05, 4.69) is 15.2 Å². The third kappa shape index (κ3) is 3.59. The Balaban J connectivity index is 1.73. The number of nitrogens with zero attached hydrogens (tertiary/aromatic N) is 4. The Labute approximate surface area is 158 Å². The van der Waals surface area contributed by atoms with Crippen LogP contribution in [-0.2, 0) is 5.75 Å². The van der Waals surface area contributed by atoms with Crippen molar-refractivity contribution in [1.82, 2.24) is 19.7 Å². The number of hydrogen-bond donors (Lipinski definition) is 0. The van der Waals surface area contributed by atoms with Crippen molar-refractivity contribution in [2.45, 2.75) is 10.9 Å². The lowest BCUT2D eigenvalue weighted by Gasteiger charge is -2.10. The molecular formula is C20H14F2N4S. The average molecular weight is 380 g/mol. The van der Waals surface area contributed by atoms with Gasteiger partial charge in [0.1, 0.15) is 0 Å². The Hall–Kier alpha value is -3.06. The molecule has 0 aliphatic rings. The number of hydrogen-bond acceptors (Lipinski definition) is 4. The van der Waals surface area contributed by atoms with Gasteiger partial charge in [0.05, 0.1) is 0 Å². The van der Waals surface area contributed by atoms with Crippen molar-refractivity contribution in [3.8, 4) is 17.1 Å². The summed E-state index contributed by atoms with van der Waals surface area (Å²) in [6.07, 6.45) is 3.40. The lowest BCUT2D eigenvalue weighted by molar-refractivity contribution is 0.502. The number of para-hydroxylation sites is 1. The molecule has 0 N–H and O–H groups in total. The van der Waals surface area contributed by atoms with Crippen molar-refractivity contribution in [1.29, 1.82) is 0 Å². The summed E-state index contributed by atoms with van der Waals surface area (Å²) in [5, 5.41) is 9.15. The second-order valence-electron chi connectivity index (χ2n) is 5.72. The van der Waals surface area contributed by atoms with Gasteiger partial charge in [-0.3, -0.25) is 9.55 Å². The number of aromatic nitrogens is 4. The molecule has 4 nitrogen and oxygen atoms in total. The van der Waals surface area contributed by atoms with Gasteiger partial charge in [-0.1, -0.05) is 42.1 Å². The van der Waals surface area contributed by atoms with Crippen LogP contribution >= 0.6 is 11.8 Å². The smallest absolute Gasteiger partial charge is 0.196 e. The molecule has 4 aromatic rings. The molecule has 0 saturated carbocycles. The van der Waals surface area contributed by atoms with Gasteiger partial charge in [0.25, 0.3) is 0 Å². The van der Waals surface area contributed by atoms with Gasteiger partial charge in [0, 0.05) is 35.0 Å². The predicted octanol–water partition coefficient (Wildman–Crippen LogP) is 4.90. The summed E-state index contributed by atoms with van der Waals surface area (Å²) in [5.41, 5.74) is 1.98. The number of pyridine rings is 1. The van der Waals surface area contributed by atoms with E-state index in [1.807, 2.05) is 47.0 Å². The first-order valence-electron chi connectivity index (χ1n) is 8.21. The molecular weight excluding hydrogens is 366 g/mol. The number of benzene rings is 2. The molecule has 2 aromatic heterocycles. The van der Waals surface area contributed by atoms with Crippen LogP contribution in [0.3, 0.4) is 0 Å². The van der Waals surface area contributed by atoms with Crippen molar-refractivity contribution in [2.75, 3.05) is 0 Å². The molecule has 27 heavy (non-hydrogen) atoms. The van der Waals surface area contributed by atoms with Crippen molar-refractivity contribution in [3.63, 3.8) is 0 Å². The standard InChI is InChI=1S/C20H14F2N4S/c21-17-10-4-6-15(18(17)22)13-27-20-25-24-19(14-7-5-11-23-12-14)26(20)16-8-2-1-3-9-16/h1-12H,13H2. The van der Waals surface area contributed by atoms with E-state index in [9.17, 15) is 8.78 Å². The molecule has 0 radical (unpaired) electrons. The van der Waals surface area contributed by atoms with E-state index >= 15 is 0 Å². The molecule has 2 aromatic carbocycles. The van der Waals surface area contributed by atoms with Gasteiger partial charge < -0.3 is 0 Å². The number of thioether (sulfide) groups is 1. The van der Waals surface area contributed by atoms with Crippen LogP contribution in [0.4, 0.5) is 8.78 Å². The topological polar surface area (TPSA) is 43.6 Å². The van der Waals surface area contributed by atoms with E-state index in [4.69, 9.17) is 0 Å². The van der Waals surface area contributed by atoms with Crippen LogP contribution in [0.25, 0.3) is 17.1 Å². The monoisotopic (exact) mass is 380 g/mol. The minimum atomic E-state index is -0.853. The van der Waals surface area contributed by atoms with Gasteiger partial charge in [-0.25, -0.2) is 8.78 Å². The second-order valence-corrected chi connectivity index (χ2v) is 6.66. The zero-order valence-electron chi connectivity index (χ0n) is 14.1. The maximum absolute atomic E-state index is 14.0. The van der Waals surface area contributed by atoms with E-state index in [1.54, 1.807) is 18.5 Å². The Bertz CT molecular complexity index is 1050. The molecule has 0 aliphatic carbocycles. The minimum Gasteiger partial charge on any atom is -0.270 e. The highest BCUT2D eigenvalue weighted by Gasteiger charge is 2.17. The van der Waals surface area contributed by atoms with E-state index in [-0.39, 0.29) is 11.3 Å². The van der Waals surface area contributed by atoms with Crippen LogP contribution in [0.15, 0.2) is 78.2 Å². The Morgan fingerprint density at radius 3 is 2.52 bits per heavy atom. The predicted molar refractivity (Wildman–Crippen MR) is 101 cm³/mol. The number of rotatable bonds is 5. The fourth-order valence-corrected chi connectivity index (χ4v) is 3.58. The van der Waals surface area contributed by atoms with Gasteiger partial charge in [-0.05, 0) is 30.3 Å². The fraction of sp³-hybridized carbons (Fsp3) is 0.0500. The summed E-state index contributed by atoms with van der Waals surface area (Å²) >= 11 is 1.30. The van der Waals surface area contributed by atoms with Crippen LogP contribution in [0.2, 0.25) is 0 Å². The molecule has 0 aliphatic heterocycles. The average Bonchev–Trinajstić information content (AvgIpc) is 3.14. The first-order chi connectivity index (χ1) is 13.2. The van der Waals surface area contributed by atoms with Crippen LogP contribution in [0, 0.1) is 11.6 Å². The van der Waals surface area contributed by atoms with E-state index in [1.165, 1.54) is 17.8 Å². The molecule has 134 valence electrons. The van der Waals surface area contributed by atoms with Crippen LogP contribution in [-0.4, -0.2) is 19.7 Å². The molecule has 0 spiro atoms. The largest absolute Gasteiger partial charge is 0.270 e. The zero-order valence-corrected chi connectivity index (χ0v) is 14.9. The molecule has 4 rings (SSSR count). The van der Waals surface area contributed by atoms with Crippen molar-refractivity contribution in [2.24, 2.45) is 0 Å². The highest BCUT2D eigenvalue weighted by atomic mass is 32.2. The lowest BCUT2D eigenvalue weighted by Crippen LogP contribution is -2.00. The molecule has 0 saturated heterocycles. The molecule has 0 unspecified atom stereocenters. The van der Waals surface area contributed by atoms with Crippen LogP contribution in [0.5, 0.6) is 0 Å². The van der Waals surface area contributed by atoms with Crippen LogP contribution in [0.1, 0.15) is 5.56 Å². The second kappa shape index (κ2) is 7.67. The highest BCUT2D eigenvalue weighted by molar-refractivity contribution is 7.98. The summed E-state index contributed by atoms with van der Waals surface area (Å²) in [7, 11) is 0. The Morgan fingerprint density at radius 2 is 1.74 bits per heavy atom. The summed E-state index contributed by atoms with van der Waals surface area (Å²) < 4.78 is 29.3. The molecule has 0 fully saturated rings. The minimum absolute atomic E-state index is 0.238. The van der Waals surface area contributed by atoms with E-state index in [0.717, 1.165) is 17.3 Å². The quantitative estimate of drug-likeness (QED) is 0.462. The zero-order chi connectivity index (χ0) is 18.6. The van der Waals surface area contributed by atoms with Crippen molar-refractivity contribution in [3.05, 3.63) is 90.3 Å². The first-order valence-corrected chi connectivity index (χ1v) is 9.19. The molecule has 2 heterocycles. The van der Waals surface area contributed by atoms with Gasteiger partial charge in [-0.2, -0.15) is 0 Å². The summed E-state index contributed by atoms with van der Waals surface area (Å²) in [5.74, 6) is -0.810. The first kappa shape index (κ1) is 17.4. The highest BCUT2D eigenvalue weighted by Crippen LogP contribution is 2.30. The summed E-state index contributed by atoms with van der Waals surface area (Å²) in [6.45, 7) is 0. The van der Waals surface area contributed by atoms with Gasteiger partial charge in [0.15, 0.2) is 22.6 Å². The normalized spacial score (nSPS) is 10.9. The van der Waals surface area contributed by atoms with Gasteiger partial charge >= 0.3 is 0 Å². The third-order valence-corrected chi connectivity index (χ3v) is 4.93. The van der Waals surface area contributed by atoms with Gasteiger partial charge in [-0.15, -0.1) is 10.2 Å². The fourth-order valence-electron chi connectivity index (χ4n) is 2.66. The molecule has 0 amide bonds. The maximum Gasteiger partial charge on any atom is 0.196 e. The van der Waals surface area contributed by atoms with Crippen molar-refractivity contribution >= 4 is 11.8 Å². The SMILES string of the molecule is Fc1cccc(CSc2nnc(-c3cccnc3)n2-c2ccccc2)c1F. The summed E-state index contributed by atoms with van der Waals surface area (Å²) in [6, 6.07) is 17.5. The molecule has 0 bridgehead atoms. The lowest BCUT2D eigenvalue weighted by atomic mass is 10.2. The Kier molecular flexibility index (Phi) is 4.93. The van der Waals surface area contributed by atoms with Gasteiger partial charge in [0.2, 0.25) is 0 Å². The van der Waals surface area contributed by atoms with Crippen LogP contribution < -0.4 is 0 Å². The van der Waals surface area contributed by atoms with E-state index in [0.29, 0.717) is 11.0 Å². The van der Waals surface area contributed by atoms with Crippen molar-refractivity contribution < 1.29 is 8.78 Å². The molecule has 7 heteroatoms. The number of halogens is 2. The Morgan fingerprint density at radius 1 is 0.889 bits per heavy atom. The maximum atomic E-state index is 14.0. The summed E-state index contributed by atoms with van der Waals surface area (Å²) in [4.78, 5) is 4.14. The molecule has 0 atom stereocenters. The third-order valence-electron chi connectivity index (χ3n) is 3.96. The van der Waals surface area contributed by atoms with E-state index < -0.39 is 11.6 Å².